The molecular weight excluding hydrogens is 412 g/mol. The summed E-state index contributed by atoms with van der Waals surface area (Å²) >= 11 is 0. The van der Waals surface area contributed by atoms with Gasteiger partial charge in [0.15, 0.2) is 0 Å². The molecule has 2 fully saturated rings. The van der Waals surface area contributed by atoms with E-state index < -0.39 is 0 Å². The predicted octanol–water partition coefficient (Wildman–Crippen LogP) is 9.90. The van der Waals surface area contributed by atoms with Crippen molar-refractivity contribution in [1.29, 1.82) is 0 Å². The van der Waals surface area contributed by atoms with Crippen LogP contribution in [0.25, 0.3) is 0 Å². The fourth-order valence-corrected chi connectivity index (χ4v) is 6.84. The van der Waals surface area contributed by atoms with Crippen LogP contribution >= 0.6 is 0 Å². The van der Waals surface area contributed by atoms with Crippen LogP contribution in [0.5, 0.6) is 0 Å². The van der Waals surface area contributed by atoms with Crippen molar-refractivity contribution in [2.24, 2.45) is 23.7 Å². The number of nitrogens with zero attached hydrogens (tertiary/aromatic N) is 2. The van der Waals surface area contributed by atoms with Gasteiger partial charge in [0.25, 0.3) is 0 Å². The minimum atomic E-state index is 0.914. The normalized spacial score (nSPS) is 25.5. The molecule has 0 saturated heterocycles. The lowest BCUT2D eigenvalue weighted by atomic mass is 9.68. The van der Waals surface area contributed by atoms with E-state index in [1.165, 1.54) is 134 Å². The molecule has 0 aliphatic heterocycles. The molecule has 2 aliphatic rings. The summed E-state index contributed by atoms with van der Waals surface area (Å²) in [4.78, 5) is 9.43. The Labute approximate surface area is 212 Å². The maximum Gasteiger partial charge on any atom is 0.128 e. The van der Waals surface area contributed by atoms with E-state index in [0.717, 1.165) is 42.3 Å². The molecule has 1 aromatic heterocycles. The Morgan fingerprint density at radius 3 is 1.65 bits per heavy atom. The van der Waals surface area contributed by atoms with Gasteiger partial charge < -0.3 is 0 Å². The molecule has 3 rings (SSSR count). The highest BCUT2D eigenvalue weighted by molar-refractivity contribution is 5.05. The highest BCUT2D eigenvalue weighted by Crippen LogP contribution is 2.43. The smallest absolute Gasteiger partial charge is 0.128 e. The van der Waals surface area contributed by atoms with Crippen LogP contribution in [-0.4, -0.2) is 9.97 Å². The third-order valence-electron chi connectivity index (χ3n) is 9.27. The van der Waals surface area contributed by atoms with Crippen LogP contribution < -0.4 is 0 Å². The molecular formula is C32H56N2. The Hall–Kier alpha value is -0.920. The molecule has 0 aromatic carbocycles. The summed E-state index contributed by atoms with van der Waals surface area (Å²) in [5.74, 6) is 5.14. The number of hydrogen-bond donors (Lipinski definition) is 0. The lowest BCUT2D eigenvalue weighted by Gasteiger charge is -2.38. The van der Waals surface area contributed by atoms with E-state index in [-0.39, 0.29) is 0 Å². The summed E-state index contributed by atoms with van der Waals surface area (Å²) in [6, 6.07) is 0. The monoisotopic (exact) mass is 468 g/mol. The summed E-state index contributed by atoms with van der Waals surface area (Å²) < 4.78 is 0. The molecule has 2 nitrogen and oxygen atoms in total. The first-order valence-electron chi connectivity index (χ1n) is 15.6. The van der Waals surface area contributed by atoms with Crippen LogP contribution in [-0.2, 0) is 12.8 Å². The molecule has 2 saturated carbocycles. The Kier molecular flexibility index (Phi) is 13.6. The molecule has 0 radical (unpaired) electrons. The van der Waals surface area contributed by atoms with Crippen molar-refractivity contribution in [2.75, 3.05) is 0 Å². The predicted molar refractivity (Wildman–Crippen MR) is 147 cm³/mol. The molecule has 34 heavy (non-hydrogen) atoms. The summed E-state index contributed by atoms with van der Waals surface area (Å²) in [5, 5.41) is 0. The first-order valence-corrected chi connectivity index (χ1v) is 15.6. The minimum Gasteiger partial charge on any atom is -0.241 e. The van der Waals surface area contributed by atoms with Gasteiger partial charge in [-0.3, -0.25) is 0 Å². The lowest BCUT2D eigenvalue weighted by Crippen LogP contribution is -2.26. The highest BCUT2D eigenvalue weighted by atomic mass is 14.9. The van der Waals surface area contributed by atoms with E-state index in [1.807, 2.05) is 0 Å². The van der Waals surface area contributed by atoms with Gasteiger partial charge in [0.05, 0.1) is 0 Å². The van der Waals surface area contributed by atoms with E-state index in [2.05, 4.69) is 26.2 Å². The molecule has 0 atom stereocenters. The van der Waals surface area contributed by atoms with Gasteiger partial charge in [0, 0.05) is 18.8 Å². The van der Waals surface area contributed by atoms with Crippen molar-refractivity contribution >= 4 is 0 Å². The van der Waals surface area contributed by atoms with Crippen LogP contribution in [0.1, 0.15) is 154 Å². The summed E-state index contributed by atoms with van der Waals surface area (Å²) in [6.45, 7) is 4.62. The van der Waals surface area contributed by atoms with Crippen LogP contribution in [0.2, 0.25) is 0 Å². The standard InChI is InChI=1S/C32H56N2/c1-3-5-7-8-9-10-12-14-29-25-33-32(34-26-29)24-19-28-17-22-31(23-18-28)30-20-15-27(16-21-30)13-11-6-4-2/h25-28,30-31H,3-24H2,1-2H3/t27-,28-,30-,31-. The van der Waals surface area contributed by atoms with Crippen molar-refractivity contribution in [3.05, 3.63) is 23.8 Å². The van der Waals surface area contributed by atoms with Crippen LogP contribution in [0.4, 0.5) is 0 Å². The quantitative estimate of drug-likeness (QED) is 0.225. The number of aromatic nitrogens is 2. The molecule has 1 heterocycles. The SMILES string of the molecule is CCCCCCCCCc1cnc(CC[C@H]2CC[C@H]([C@H]3CC[C@H](CCCCC)CC3)CC2)nc1. The molecule has 0 unspecified atom stereocenters. The van der Waals surface area contributed by atoms with Gasteiger partial charge in [-0.2, -0.15) is 0 Å². The zero-order valence-electron chi connectivity index (χ0n) is 22.9. The van der Waals surface area contributed by atoms with Gasteiger partial charge >= 0.3 is 0 Å². The molecule has 0 N–H and O–H groups in total. The molecule has 0 amide bonds. The molecule has 194 valence electrons. The molecule has 1 aromatic rings. The maximum absolute atomic E-state index is 4.71. The zero-order valence-corrected chi connectivity index (χ0v) is 22.9. The average Bonchev–Trinajstić information content (AvgIpc) is 2.88. The first kappa shape index (κ1) is 27.7. The van der Waals surface area contributed by atoms with Crippen LogP contribution in [0.3, 0.4) is 0 Å². The third kappa shape index (κ3) is 10.4. The Morgan fingerprint density at radius 2 is 1.06 bits per heavy atom. The Balaban J connectivity index is 1.24. The lowest BCUT2D eigenvalue weighted by molar-refractivity contribution is 0.140. The van der Waals surface area contributed by atoms with E-state index >= 15 is 0 Å². The van der Waals surface area contributed by atoms with Gasteiger partial charge in [0.2, 0.25) is 0 Å². The van der Waals surface area contributed by atoms with Crippen molar-refractivity contribution in [1.82, 2.24) is 9.97 Å². The average molecular weight is 469 g/mol. The summed E-state index contributed by atoms with van der Waals surface area (Å²) in [5.41, 5.74) is 1.33. The minimum absolute atomic E-state index is 0.914. The van der Waals surface area contributed by atoms with E-state index in [9.17, 15) is 0 Å². The molecule has 0 spiro atoms. The zero-order chi connectivity index (χ0) is 23.8. The maximum atomic E-state index is 4.71. The van der Waals surface area contributed by atoms with Gasteiger partial charge in [-0.25, -0.2) is 9.97 Å². The summed E-state index contributed by atoms with van der Waals surface area (Å²) in [6.07, 6.45) is 35.2. The van der Waals surface area contributed by atoms with Gasteiger partial charge in [-0.15, -0.1) is 0 Å². The second kappa shape index (κ2) is 16.7. The van der Waals surface area contributed by atoms with Crippen molar-refractivity contribution < 1.29 is 0 Å². The highest BCUT2D eigenvalue weighted by Gasteiger charge is 2.30. The summed E-state index contributed by atoms with van der Waals surface area (Å²) in [7, 11) is 0. The van der Waals surface area contributed by atoms with Gasteiger partial charge in [-0.1, -0.05) is 104 Å². The van der Waals surface area contributed by atoms with Crippen molar-refractivity contribution in [3.63, 3.8) is 0 Å². The van der Waals surface area contributed by atoms with Crippen molar-refractivity contribution in [2.45, 2.75) is 155 Å². The topological polar surface area (TPSA) is 25.8 Å². The van der Waals surface area contributed by atoms with Gasteiger partial charge in [-0.05, 0) is 74.2 Å². The number of hydrogen-bond acceptors (Lipinski definition) is 2. The second-order valence-corrected chi connectivity index (χ2v) is 12.0. The molecule has 2 heteroatoms. The van der Waals surface area contributed by atoms with E-state index in [1.54, 1.807) is 0 Å². The fourth-order valence-electron chi connectivity index (χ4n) is 6.84. The molecule has 0 bridgehead atoms. The van der Waals surface area contributed by atoms with Crippen molar-refractivity contribution in [3.8, 4) is 0 Å². The van der Waals surface area contributed by atoms with Crippen LogP contribution in [0.15, 0.2) is 12.4 Å². The number of aryl methyl sites for hydroxylation is 2. The van der Waals surface area contributed by atoms with E-state index in [0.29, 0.717) is 0 Å². The molecule has 2 aliphatic carbocycles. The van der Waals surface area contributed by atoms with Gasteiger partial charge in [0.1, 0.15) is 5.82 Å². The number of unbranched alkanes of at least 4 members (excludes halogenated alkanes) is 8. The Morgan fingerprint density at radius 1 is 0.559 bits per heavy atom. The largest absolute Gasteiger partial charge is 0.241 e. The fraction of sp³-hybridized carbons (Fsp3) is 0.875. The number of rotatable bonds is 16. The van der Waals surface area contributed by atoms with E-state index in [4.69, 9.17) is 9.97 Å². The Bertz CT molecular complexity index is 608. The second-order valence-electron chi connectivity index (χ2n) is 12.0. The first-order chi connectivity index (χ1) is 16.8. The van der Waals surface area contributed by atoms with Crippen LogP contribution in [0, 0.1) is 23.7 Å². The third-order valence-corrected chi connectivity index (χ3v) is 9.27.